The molecule has 0 unspecified atom stereocenters. The highest BCUT2D eigenvalue weighted by molar-refractivity contribution is 7.17. The first-order valence-electron chi connectivity index (χ1n) is 12.1. The van der Waals surface area contributed by atoms with Crippen molar-refractivity contribution in [2.75, 3.05) is 0 Å². The van der Waals surface area contributed by atoms with Gasteiger partial charge in [0, 0.05) is 16.2 Å². The molecule has 1 aliphatic rings. The van der Waals surface area contributed by atoms with Gasteiger partial charge in [0.1, 0.15) is 0 Å². The maximum absolute atomic E-state index is 4.58. The van der Waals surface area contributed by atoms with Gasteiger partial charge in [0.05, 0.1) is 32.4 Å². The number of aromatic nitrogens is 2. The average Bonchev–Trinajstić information content (AvgIpc) is 3.55. The quantitative estimate of drug-likeness (QED) is 0.236. The molecule has 1 aliphatic carbocycles. The van der Waals surface area contributed by atoms with Crippen LogP contribution in [0.1, 0.15) is 25.0 Å². The van der Waals surface area contributed by atoms with Crippen LogP contribution in [0.25, 0.3) is 59.6 Å². The largest absolute Gasteiger partial charge is 0.308 e. The number of nitrogens with zero attached hydrogens (tertiary/aromatic N) is 2. The first-order valence-corrected chi connectivity index (χ1v) is 12.9. The lowest BCUT2D eigenvalue weighted by Gasteiger charge is -2.21. The minimum atomic E-state index is 0.00485. The Morgan fingerprint density at radius 2 is 1.57 bits per heavy atom. The second-order valence-corrected chi connectivity index (χ2v) is 10.9. The smallest absolute Gasteiger partial charge is 0.0833 e. The van der Waals surface area contributed by atoms with Crippen molar-refractivity contribution in [3.63, 3.8) is 0 Å². The molecule has 0 saturated carbocycles. The predicted octanol–water partition coefficient (Wildman–Crippen LogP) is 8.85. The lowest BCUT2D eigenvalue weighted by Crippen LogP contribution is -2.14. The van der Waals surface area contributed by atoms with E-state index in [2.05, 4.69) is 114 Å². The van der Waals surface area contributed by atoms with Gasteiger partial charge in [-0.3, -0.25) is 0 Å². The molecule has 166 valence electrons. The molecule has 7 aromatic rings. The van der Waals surface area contributed by atoms with Gasteiger partial charge in [-0.15, -0.1) is 11.3 Å². The summed E-state index contributed by atoms with van der Waals surface area (Å²) < 4.78 is 3.65. The molecule has 2 heterocycles. The normalized spacial score (nSPS) is 14.2. The third kappa shape index (κ3) is 2.41. The molecule has 35 heavy (non-hydrogen) atoms. The van der Waals surface area contributed by atoms with E-state index >= 15 is 0 Å². The van der Waals surface area contributed by atoms with Crippen molar-refractivity contribution in [2.45, 2.75) is 19.3 Å². The minimum absolute atomic E-state index is 0.00485. The lowest BCUT2D eigenvalue weighted by atomic mass is 9.82. The summed E-state index contributed by atoms with van der Waals surface area (Å²) in [6.07, 6.45) is 0. The highest BCUT2D eigenvalue weighted by Gasteiger charge is 2.36. The van der Waals surface area contributed by atoms with Gasteiger partial charge in [0.25, 0.3) is 0 Å². The van der Waals surface area contributed by atoms with Gasteiger partial charge in [-0.2, -0.15) is 0 Å². The first-order chi connectivity index (χ1) is 17.1. The van der Waals surface area contributed by atoms with E-state index in [0.29, 0.717) is 0 Å². The summed E-state index contributed by atoms with van der Waals surface area (Å²) in [6.45, 7) is 4.70. The van der Waals surface area contributed by atoms with E-state index in [0.717, 1.165) is 5.52 Å². The number of hydrogen-bond donors (Lipinski definition) is 0. The molecule has 0 atom stereocenters. The van der Waals surface area contributed by atoms with Gasteiger partial charge in [0.2, 0.25) is 0 Å². The summed E-state index contributed by atoms with van der Waals surface area (Å²) in [4.78, 5) is 4.58. The Balaban J connectivity index is 1.55. The highest BCUT2D eigenvalue weighted by atomic mass is 32.1. The van der Waals surface area contributed by atoms with Crippen LogP contribution in [0.4, 0.5) is 0 Å². The number of para-hydroxylation sites is 1. The van der Waals surface area contributed by atoms with Crippen molar-refractivity contribution in [3.8, 4) is 16.8 Å². The molecule has 8 rings (SSSR count). The van der Waals surface area contributed by atoms with Crippen molar-refractivity contribution in [1.29, 1.82) is 0 Å². The molecule has 0 N–H and O–H groups in total. The van der Waals surface area contributed by atoms with Gasteiger partial charge < -0.3 is 4.57 Å². The van der Waals surface area contributed by atoms with E-state index in [1.54, 1.807) is 11.3 Å². The van der Waals surface area contributed by atoms with Gasteiger partial charge >= 0.3 is 0 Å². The van der Waals surface area contributed by atoms with Crippen LogP contribution in [-0.2, 0) is 5.41 Å². The maximum atomic E-state index is 4.58. The van der Waals surface area contributed by atoms with Crippen molar-refractivity contribution < 1.29 is 0 Å². The van der Waals surface area contributed by atoms with Crippen molar-refractivity contribution in [2.24, 2.45) is 0 Å². The van der Waals surface area contributed by atoms with Gasteiger partial charge in [0.15, 0.2) is 0 Å². The van der Waals surface area contributed by atoms with Crippen molar-refractivity contribution in [3.05, 3.63) is 108 Å². The van der Waals surface area contributed by atoms with Gasteiger partial charge in [-0.25, -0.2) is 4.98 Å². The van der Waals surface area contributed by atoms with Crippen LogP contribution in [-0.4, -0.2) is 9.55 Å². The molecular weight excluding hydrogens is 444 g/mol. The zero-order valence-electron chi connectivity index (χ0n) is 19.5. The number of fused-ring (bicyclic) bond motifs is 9. The van der Waals surface area contributed by atoms with Crippen LogP contribution in [0, 0.1) is 0 Å². The number of benzene rings is 5. The summed E-state index contributed by atoms with van der Waals surface area (Å²) in [5, 5.41) is 5.20. The van der Waals surface area contributed by atoms with Crippen LogP contribution in [0.2, 0.25) is 0 Å². The third-order valence-electron chi connectivity index (χ3n) is 7.93. The lowest BCUT2D eigenvalue weighted by molar-refractivity contribution is 0.661. The van der Waals surface area contributed by atoms with Crippen LogP contribution in [0.3, 0.4) is 0 Å². The molecule has 2 nitrogen and oxygen atoms in total. The molecule has 3 heteroatoms. The molecule has 0 amide bonds. The third-order valence-corrected chi connectivity index (χ3v) is 8.80. The van der Waals surface area contributed by atoms with E-state index in [1.165, 1.54) is 65.2 Å². The monoisotopic (exact) mass is 466 g/mol. The maximum Gasteiger partial charge on any atom is 0.0833 e. The minimum Gasteiger partial charge on any atom is -0.308 e. The predicted molar refractivity (Wildman–Crippen MR) is 149 cm³/mol. The summed E-state index contributed by atoms with van der Waals surface area (Å²) in [6, 6.07) is 33.6. The molecule has 0 fully saturated rings. The topological polar surface area (TPSA) is 17.8 Å². The van der Waals surface area contributed by atoms with Crippen LogP contribution in [0.5, 0.6) is 0 Å². The summed E-state index contributed by atoms with van der Waals surface area (Å²) in [7, 11) is 0. The van der Waals surface area contributed by atoms with E-state index in [-0.39, 0.29) is 5.41 Å². The molecule has 0 aliphatic heterocycles. The zero-order valence-corrected chi connectivity index (χ0v) is 20.4. The summed E-state index contributed by atoms with van der Waals surface area (Å²) in [5.41, 5.74) is 12.3. The standard InChI is InChI=1S/C32H22N2S/c1-32(2)24-10-5-3-9-21(24)30-22-17-23-20-8-4-6-12-27(20)34(29(23)16-19(22)14-15-25(30)32)28-13-7-11-26-31(28)35-18-33-26/h3-18H,1-2H3. The Hall–Kier alpha value is -3.95. The van der Waals surface area contributed by atoms with Crippen molar-refractivity contribution >= 4 is 54.1 Å². The van der Waals surface area contributed by atoms with E-state index in [4.69, 9.17) is 0 Å². The summed E-state index contributed by atoms with van der Waals surface area (Å²) in [5.74, 6) is 0. The van der Waals surface area contributed by atoms with Crippen molar-refractivity contribution in [1.82, 2.24) is 9.55 Å². The molecule has 0 radical (unpaired) electrons. The van der Waals surface area contributed by atoms with E-state index < -0.39 is 0 Å². The second kappa shape index (κ2) is 6.59. The SMILES string of the molecule is CC1(C)c2ccccc2-c2c1ccc1cc3c(cc21)c1ccccc1n3-c1cccc2ncsc12. The fourth-order valence-electron chi connectivity index (χ4n) is 6.30. The Morgan fingerprint density at radius 3 is 2.51 bits per heavy atom. The summed E-state index contributed by atoms with van der Waals surface area (Å²) >= 11 is 1.71. The van der Waals surface area contributed by atoms with Gasteiger partial charge in [-0.1, -0.05) is 74.5 Å². The zero-order chi connectivity index (χ0) is 23.3. The molecule has 5 aromatic carbocycles. The molecule has 0 saturated heterocycles. The first kappa shape index (κ1) is 19.4. The van der Waals surface area contributed by atoms with Crippen LogP contribution < -0.4 is 0 Å². The Labute approximate surface area is 207 Å². The average molecular weight is 467 g/mol. The fraction of sp³-hybridized carbons (Fsp3) is 0.0938. The fourth-order valence-corrected chi connectivity index (χ4v) is 7.09. The van der Waals surface area contributed by atoms with E-state index in [1.807, 2.05) is 5.51 Å². The number of hydrogen-bond acceptors (Lipinski definition) is 2. The number of rotatable bonds is 1. The number of thiazole rings is 1. The Morgan fingerprint density at radius 1 is 0.714 bits per heavy atom. The Bertz CT molecular complexity index is 1990. The molecular formula is C32H22N2S. The molecule has 0 spiro atoms. The molecule has 0 bridgehead atoms. The Kier molecular flexibility index (Phi) is 3.64. The van der Waals surface area contributed by atoms with Crippen LogP contribution in [0.15, 0.2) is 96.5 Å². The van der Waals surface area contributed by atoms with E-state index in [9.17, 15) is 0 Å². The highest BCUT2D eigenvalue weighted by Crippen LogP contribution is 2.52. The second-order valence-electron chi connectivity index (χ2n) is 10.1. The van der Waals surface area contributed by atoms with Gasteiger partial charge in [-0.05, 0) is 63.4 Å². The van der Waals surface area contributed by atoms with Crippen LogP contribution >= 0.6 is 11.3 Å². The molecule has 2 aromatic heterocycles.